The molecule has 1 saturated carbocycles. The molecule has 1 aliphatic heterocycles. The molecule has 5 nitrogen and oxygen atoms in total. The fourth-order valence-corrected chi connectivity index (χ4v) is 4.39. The maximum atomic E-state index is 12.1. The van der Waals surface area contributed by atoms with Gasteiger partial charge in [-0.05, 0) is 51.6 Å². The van der Waals surface area contributed by atoms with Gasteiger partial charge in [-0.2, -0.15) is 0 Å². The molecule has 2 heterocycles. The van der Waals surface area contributed by atoms with Crippen molar-refractivity contribution in [3.8, 4) is 10.4 Å². The van der Waals surface area contributed by atoms with Gasteiger partial charge in [0.05, 0.1) is 23.2 Å². The van der Waals surface area contributed by atoms with E-state index in [1.54, 1.807) is 11.3 Å². The summed E-state index contributed by atoms with van der Waals surface area (Å²) in [4.78, 5) is 17.6. The van der Waals surface area contributed by atoms with Gasteiger partial charge in [-0.1, -0.05) is 24.3 Å². The predicted molar refractivity (Wildman–Crippen MR) is 106 cm³/mol. The lowest BCUT2D eigenvalue weighted by molar-refractivity contribution is -0.143. The largest absolute Gasteiger partial charge is 0.494 e. The van der Waals surface area contributed by atoms with Crippen LogP contribution in [0.3, 0.4) is 0 Å². The van der Waals surface area contributed by atoms with Crippen LogP contribution in [-0.4, -0.2) is 36.4 Å². The van der Waals surface area contributed by atoms with E-state index in [1.165, 1.54) is 7.11 Å². The number of rotatable bonds is 4. The Bertz CT molecular complexity index is 854. The monoisotopic (exact) mass is 385 g/mol. The first-order valence-corrected chi connectivity index (χ1v) is 10.0. The highest BCUT2D eigenvalue weighted by Crippen LogP contribution is 2.51. The molecule has 2 aliphatic rings. The minimum atomic E-state index is -0.514. The Morgan fingerprint density at radius 2 is 1.70 bits per heavy atom. The summed E-state index contributed by atoms with van der Waals surface area (Å²) in [5, 5.41) is 0.847. The highest BCUT2D eigenvalue weighted by molar-refractivity contribution is 7.15. The third-order valence-corrected chi connectivity index (χ3v) is 7.21. The number of thiazole rings is 1. The summed E-state index contributed by atoms with van der Waals surface area (Å²) >= 11 is 1.56. The van der Waals surface area contributed by atoms with Gasteiger partial charge in [-0.3, -0.25) is 4.79 Å². The lowest BCUT2D eigenvalue weighted by atomic mass is 9.79. The van der Waals surface area contributed by atoms with Gasteiger partial charge in [0.1, 0.15) is 10.4 Å². The molecular weight excluding hydrogens is 361 g/mol. The lowest BCUT2D eigenvalue weighted by Gasteiger charge is -2.32. The minimum Gasteiger partial charge on any atom is -0.468 e. The first-order valence-electron chi connectivity index (χ1n) is 9.19. The number of carbonyl (C=O) groups excluding carboxylic acids is 1. The van der Waals surface area contributed by atoms with Gasteiger partial charge in [-0.25, -0.2) is 4.98 Å². The topological polar surface area (TPSA) is 57.7 Å². The van der Waals surface area contributed by atoms with Crippen molar-refractivity contribution in [2.24, 2.45) is 0 Å². The Morgan fingerprint density at radius 1 is 1.11 bits per heavy atom. The Morgan fingerprint density at radius 3 is 2.22 bits per heavy atom. The summed E-state index contributed by atoms with van der Waals surface area (Å²) in [5.41, 5.74) is 0.848. The van der Waals surface area contributed by atoms with Gasteiger partial charge in [0.25, 0.3) is 0 Å². The van der Waals surface area contributed by atoms with E-state index in [1.807, 2.05) is 18.3 Å². The molecule has 0 spiro atoms. The van der Waals surface area contributed by atoms with Crippen LogP contribution >= 0.6 is 11.3 Å². The van der Waals surface area contributed by atoms with Crippen LogP contribution in [0.25, 0.3) is 10.4 Å². The molecule has 1 aromatic heterocycles. The number of hydrogen-bond donors (Lipinski definition) is 0. The number of esters is 1. The molecule has 1 aromatic carbocycles. The van der Waals surface area contributed by atoms with Gasteiger partial charge >= 0.3 is 13.1 Å². The smallest absolute Gasteiger partial charge is 0.468 e. The van der Waals surface area contributed by atoms with Crippen LogP contribution in [-0.2, 0) is 24.3 Å². The maximum Gasteiger partial charge on any atom is 0.494 e. The second-order valence-corrected chi connectivity index (χ2v) is 9.34. The van der Waals surface area contributed by atoms with Crippen molar-refractivity contribution < 1.29 is 18.8 Å². The Balaban J connectivity index is 1.54. The molecule has 1 aliphatic carbocycles. The van der Waals surface area contributed by atoms with Crippen LogP contribution in [0.1, 0.15) is 45.5 Å². The quantitative estimate of drug-likeness (QED) is 0.597. The summed E-state index contributed by atoms with van der Waals surface area (Å²) in [6.07, 6.45) is 3.47. The maximum absolute atomic E-state index is 12.1. The van der Waals surface area contributed by atoms with Gasteiger partial charge in [-0.15, -0.1) is 11.3 Å². The molecule has 7 heteroatoms. The zero-order valence-corrected chi connectivity index (χ0v) is 17.2. The second-order valence-electron chi connectivity index (χ2n) is 8.31. The number of nitrogens with zero attached hydrogens (tertiary/aromatic N) is 1. The van der Waals surface area contributed by atoms with Crippen LogP contribution in [0.5, 0.6) is 0 Å². The van der Waals surface area contributed by atoms with Crippen molar-refractivity contribution in [1.29, 1.82) is 0 Å². The lowest BCUT2D eigenvalue weighted by Crippen LogP contribution is -2.41. The Hall–Kier alpha value is -1.70. The molecule has 2 fully saturated rings. The molecule has 2 aromatic rings. The van der Waals surface area contributed by atoms with E-state index in [4.69, 9.17) is 14.0 Å². The van der Waals surface area contributed by atoms with Crippen molar-refractivity contribution >= 4 is 29.9 Å². The van der Waals surface area contributed by atoms with E-state index in [-0.39, 0.29) is 24.3 Å². The van der Waals surface area contributed by atoms with Crippen LogP contribution in [0, 0.1) is 0 Å². The van der Waals surface area contributed by atoms with Crippen molar-refractivity contribution in [3.63, 3.8) is 0 Å². The van der Waals surface area contributed by atoms with E-state index in [0.717, 1.165) is 33.8 Å². The molecule has 0 unspecified atom stereocenters. The number of benzene rings is 1. The minimum absolute atomic E-state index is 0.181. The van der Waals surface area contributed by atoms with Crippen LogP contribution < -0.4 is 5.46 Å². The SMILES string of the molecule is COC(=O)C1(c2ncc(-c3ccc(B4OC(C)(C)C(C)(C)O4)cc3)s2)CC1. The van der Waals surface area contributed by atoms with Gasteiger partial charge in [0.2, 0.25) is 0 Å². The molecule has 1 saturated heterocycles. The van der Waals surface area contributed by atoms with E-state index in [2.05, 4.69) is 44.8 Å². The van der Waals surface area contributed by atoms with E-state index < -0.39 is 5.41 Å². The third kappa shape index (κ3) is 3.02. The molecule has 0 bridgehead atoms. The number of carbonyl (C=O) groups is 1. The van der Waals surface area contributed by atoms with Gasteiger partial charge in [0.15, 0.2) is 0 Å². The molecule has 0 atom stereocenters. The van der Waals surface area contributed by atoms with Crippen LogP contribution in [0.15, 0.2) is 30.5 Å². The first kappa shape index (κ1) is 18.7. The predicted octanol–water partition coefficient (Wildman–Crippen LogP) is 3.31. The van der Waals surface area contributed by atoms with E-state index in [9.17, 15) is 4.79 Å². The Labute approximate surface area is 164 Å². The standard InChI is InChI=1S/C20H24BNO4S/c1-18(2)19(3,4)26-21(25-18)14-8-6-13(7-9-14)15-12-22-16(27-15)20(10-11-20)17(23)24-5/h6-9,12H,10-11H2,1-5H3. The summed E-state index contributed by atoms with van der Waals surface area (Å²) < 4.78 is 17.2. The zero-order valence-electron chi connectivity index (χ0n) is 16.4. The molecule has 142 valence electrons. The zero-order chi connectivity index (χ0) is 19.4. The fraction of sp³-hybridized carbons (Fsp3) is 0.500. The van der Waals surface area contributed by atoms with Crippen molar-refractivity contribution in [2.75, 3.05) is 7.11 Å². The highest BCUT2D eigenvalue weighted by atomic mass is 32.1. The molecule has 0 N–H and O–H groups in total. The fourth-order valence-electron chi connectivity index (χ4n) is 3.24. The van der Waals surface area contributed by atoms with Crippen molar-refractivity contribution in [2.45, 2.75) is 57.2 Å². The molecule has 4 rings (SSSR count). The number of hydrogen-bond acceptors (Lipinski definition) is 6. The van der Waals surface area contributed by atoms with Crippen LogP contribution in [0.2, 0.25) is 0 Å². The average Bonchev–Trinajstić information content (AvgIpc) is 3.22. The molecule has 0 radical (unpaired) electrons. The number of aromatic nitrogens is 1. The van der Waals surface area contributed by atoms with Gasteiger partial charge < -0.3 is 14.0 Å². The summed E-state index contributed by atoms with van der Waals surface area (Å²) in [6.45, 7) is 8.20. The Kier molecular flexibility index (Phi) is 4.25. The van der Waals surface area contributed by atoms with Crippen molar-refractivity contribution in [1.82, 2.24) is 4.98 Å². The first-order chi connectivity index (χ1) is 12.7. The molecular formula is C20H24BNO4S. The summed E-state index contributed by atoms with van der Waals surface area (Å²) in [5.74, 6) is -0.181. The third-order valence-electron chi connectivity index (χ3n) is 5.96. The van der Waals surface area contributed by atoms with Crippen molar-refractivity contribution in [3.05, 3.63) is 35.5 Å². The van der Waals surface area contributed by atoms with E-state index >= 15 is 0 Å². The normalized spacial score (nSPS) is 21.9. The summed E-state index contributed by atoms with van der Waals surface area (Å²) in [7, 11) is 1.07. The second kappa shape index (κ2) is 6.16. The highest BCUT2D eigenvalue weighted by Gasteiger charge is 2.55. The van der Waals surface area contributed by atoms with Gasteiger partial charge in [0, 0.05) is 6.20 Å². The number of ether oxygens (including phenoxy) is 1. The molecule has 0 amide bonds. The molecule has 27 heavy (non-hydrogen) atoms. The van der Waals surface area contributed by atoms with Crippen LogP contribution in [0.4, 0.5) is 0 Å². The number of methoxy groups -OCH3 is 1. The average molecular weight is 385 g/mol. The van der Waals surface area contributed by atoms with E-state index in [0.29, 0.717) is 0 Å². The summed E-state index contributed by atoms with van der Waals surface area (Å²) in [6, 6.07) is 8.17.